The molecule has 0 saturated carbocycles. The third-order valence-corrected chi connectivity index (χ3v) is 4.66. The Morgan fingerprint density at radius 3 is 2.67 bits per heavy atom. The van der Waals surface area contributed by atoms with Gasteiger partial charge >= 0.3 is 5.97 Å². The van der Waals surface area contributed by atoms with Crippen molar-refractivity contribution in [1.82, 2.24) is 0 Å². The number of phenolic OH excluding ortho intramolecular Hbond substituents is 1. The van der Waals surface area contributed by atoms with Gasteiger partial charge in [-0.1, -0.05) is 13.8 Å². The van der Waals surface area contributed by atoms with Crippen LogP contribution in [0.25, 0.3) is 0 Å². The maximum atomic E-state index is 12.3. The van der Waals surface area contributed by atoms with Gasteiger partial charge in [0.05, 0.1) is 11.1 Å². The zero-order valence-corrected chi connectivity index (χ0v) is 12.7. The van der Waals surface area contributed by atoms with E-state index in [4.69, 9.17) is 4.74 Å². The average Bonchev–Trinajstić information content (AvgIpc) is 2.37. The number of aldehydes is 1. The summed E-state index contributed by atoms with van der Waals surface area (Å²) in [5.74, 6) is -0.294. The number of fused-ring (bicyclic) bond motifs is 3. The van der Waals surface area contributed by atoms with Crippen molar-refractivity contribution >= 4 is 12.3 Å². The van der Waals surface area contributed by atoms with Gasteiger partial charge in [-0.05, 0) is 48.3 Å². The molecule has 21 heavy (non-hydrogen) atoms. The van der Waals surface area contributed by atoms with Crippen LogP contribution in [-0.2, 0) is 24.0 Å². The molecule has 1 N–H and O–H groups in total. The van der Waals surface area contributed by atoms with Crippen LogP contribution >= 0.6 is 0 Å². The molecule has 1 unspecified atom stereocenters. The van der Waals surface area contributed by atoms with Gasteiger partial charge in [0, 0.05) is 6.42 Å². The van der Waals surface area contributed by atoms with Crippen LogP contribution in [0.5, 0.6) is 5.75 Å². The second-order valence-electron chi connectivity index (χ2n) is 6.95. The molecule has 1 heterocycles. The van der Waals surface area contributed by atoms with Crippen molar-refractivity contribution in [2.75, 3.05) is 0 Å². The second kappa shape index (κ2) is 4.58. The number of carbonyl (C=O) groups excluding carboxylic acids is 2. The molecule has 1 aromatic carbocycles. The van der Waals surface area contributed by atoms with Gasteiger partial charge in [-0.15, -0.1) is 0 Å². The molecular formula is C17H20O4. The van der Waals surface area contributed by atoms with Crippen molar-refractivity contribution in [2.24, 2.45) is 5.41 Å². The fourth-order valence-corrected chi connectivity index (χ4v) is 3.57. The molecule has 1 aliphatic carbocycles. The number of cyclic esters (lactones) is 1. The Labute approximate surface area is 124 Å². The van der Waals surface area contributed by atoms with Crippen molar-refractivity contribution in [3.05, 3.63) is 27.8 Å². The summed E-state index contributed by atoms with van der Waals surface area (Å²) in [7, 11) is 0. The number of ether oxygens (including phenoxy) is 1. The van der Waals surface area contributed by atoms with Crippen molar-refractivity contribution in [2.45, 2.75) is 52.6 Å². The Kier molecular flexibility index (Phi) is 3.08. The first-order chi connectivity index (χ1) is 9.84. The van der Waals surface area contributed by atoms with E-state index in [2.05, 4.69) is 13.8 Å². The van der Waals surface area contributed by atoms with E-state index in [1.165, 1.54) is 0 Å². The second-order valence-corrected chi connectivity index (χ2v) is 6.95. The van der Waals surface area contributed by atoms with E-state index >= 15 is 0 Å². The molecule has 1 aromatic rings. The molecule has 2 aliphatic rings. The first-order valence-electron chi connectivity index (χ1n) is 7.40. The molecule has 1 atom stereocenters. The molecule has 0 saturated heterocycles. The Morgan fingerprint density at radius 2 is 2.00 bits per heavy atom. The largest absolute Gasteiger partial charge is 0.507 e. The van der Waals surface area contributed by atoms with E-state index in [0.29, 0.717) is 30.3 Å². The highest BCUT2D eigenvalue weighted by atomic mass is 16.5. The molecule has 0 radical (unpaired) electrons. The third kappa shape index (κ3) is 2.13. The van der Waals surface area contributed by atoms with Crippen LogP contribution in [0.1, 0.15) is 64.6 Å². The standard InChI is InChI=1S/C17H20O4/c1-9-6-11-13(8-18)15(19)10-4-5-17(2,3)7-12(10)14(11)16(20)21-9/h8-9,19H,4-7H2,1-3H3. The van der Waals surface area contributed by atoms with E-state index in [1.54, 1.807) is 6.92 Å². The number of aromatic hydroxyl groups is 1. The molecule has 0 spiro atoms. The van der Waals surface area contributed by atoms with E-state index < -0.39 is 0 Å². The topological polar surface area (TPSA) is 63.6 Å². The Morgan fingerprint density at radius 1 is 1.29 bits per heavy atom. The van der Waals surface area contributed by atoms with Gasteiger partial charge in [-0.2, -0.15) is 0 Å². The highest BCUT2D eigenvalue weighted by Gasteiger charge is 2.37. The predicted molar refractivity (Wildman–Crippen MR) is 77.9 cm³/mol. The van der Waals surface area contributed by atoms with Crippen LogP contribution in [-0.4, -0.2) is 23.5 Å². The minimum absolute atomic E-state index is 0.0659. The number of benzene rings is 1. The third-order valence-electron chi connectivity index (χ3n) is 4.66. The van der Waals surface area contributed by atoms with Crippen molar-refractivity contribution < 1.29 is 19.4 Å². The Bertz CT molecular complexity index is 643. The molecule has 4 heteroatoms. The van der Waals surface area contributed by atoms with Gasteiger partial charge in [0.1, 0.15) is 11.9 Å². The minimum atomic E-state index is -0.360. The van der Waals surface area contributed by atoms with Gasteiger partial charge in [0.25, 0.3) is 0 Å². The molecular weight excluding hydrogens is 268 g/mol. The monoisotopic (exact) mass is 288 g/mol. The maximum Gasteiger partial charge on any atom is 0.339 e. The lowest BCUT2D eigenvalue weighted by atomic mass is 9.70. The highest BCUT2D eigenvalue weighted by molar-refractivity contribution is 5.99. The number of carbonyl (C=O) groups is 2. The summed E-state index contributed by atoms with van der Waals surface area (Å²) in [5.41, 5.74) is 3.16. The van der Waals surface area contributed by atoms with Gasteiger partial charge in [0.2, 0.25) is 0 Å². The number of esters is 1. The van der Waals surface area contributed by atoms with E-state index in [0.717, 1.165) is 24.0 Å². The van der Waals surface area contributed by atoms with Crippen molar-refractivity contribution in [1.29, 1.82) is 0 Å². The fourth-order valence-electron chi connectivity index (χ4n) is 3.57. The number of hydrogen-bond donors (Lipinski definition) is 1. The van der Waals surface area contributed by atoms with Crippen LogP contribution in [0.3, 0.4) is 0 Å². The van der Waals surface area contributed by atoms with Crippen LogP contribution in [0, 0.1) is 5.41 Å². The normalized spacial score (nSPS) is 23.0. The number of rotatable bonds is 1. The fraction of sp³-hybridized carbons (Fsp3) is 0.529. The van der Waals surface area contributed by atoms with Crippen LogP contribution in [0.2, 0.25) is 0 Å². The van der Waals surface area contributed by atoms with E-state index in [1.807, 2.05) is 0 Å². The summed E-state index contributed by atoms with van der Waals surface area (Å²) in [4.78, 5) is 23.8. The first kappa shape index (κ1) is 14.1. The summed E-state index contributed by atoms with van der Waals surface area (Å²) in [5, 5.41) is 10.5. The smallest absolute Gasteiger partial charge is 0.339 e. The lowest BCUT2D eigenvalue weighted by Gasteiger charge is -2.35. The Balaban J connectivity index is 2.31. The number of hydrogen-bond acceptors (Lipinski definition) is 4. The van der Waals surface area contributed by atoms with Crippen LogP contribution in [0.15, 0.2) is 0 Å². The van der Waals surface area contributed by atoms with Crippen molar-refractivity contribution in [3.63, 3.8) is 0 Å². The molecule has 3 rings (SSSR count). The molecule has 112 valence electrons. The van der Waals surface area contributed by atoms with Crippen LogP contribution in [0.4, 0.5) is 0 Å². The molecule has 4 nitrogen and oxygen atoms in total. The molecule has 0 fully saturated rings. The maximum absolute atomic E-state index is 12.3. The van der Waals surface area contributed by atoms with E-state index in [-0.39, 0.29) is 28.8 Å². The Hall–Kier alpha value is -1.84. The quantitative estimate of drug-likeness (QED) is 0.637. The van der Waals surface area contributed by atoms with Gasteiger partial charge < -0.3 is 9.84 Å². The average molecular weight is 288 g/mol. The SMILES string of the molecule is CC1Cc2c(C=O)c(O)c3c(c2C(=O)O1)CC(C)(C)CC3. The summed E-state index contributed by atoms with van der Waals surface area (Å²) in [6, 6.07) is 0. The van der Waals surface area contributed by atoms with E-state index in [9.17, 15) is 14.7 Å². The number of phenols is 1. The van der Waals surface area contributed by atoms with Crippen LogP contribution < -0.4 is 0 Å². The lowest BCUT2D eigenvalue weighted by molar-refractivity contribution is 0.0297. The summed E-state index contributed by atoms with van der Waals surface area (Å²) in [6.45, 7) is 6.11. The summed E-state index contributed by atoms with van der Waals surface area (Å²) >= 11 is 0. The first-order valence-corrected chi connectivity index (χ1v) is 7.40. The van der Waals surface area contributed by atoms with Gasteiger partial charge in [-0.25, -0.2) is 4.79 Å². The lowest BCUT2D eigenvalue weighted by Crippen LogP contribution is -2.32. The summed E-state index contributed by atoms with van der Waals surface area (Å²) < 4.78 is 5.35. The van der Waals surface area contributed by atoms with Gasteiger partial charge in [0.15, 0.2) is 6.29 Å². The minimum Gasteiger partial charge on any atom is -0.507 e. The van der Waals surface area contributed by atoms with Crippen molar-refractivity contribution in [3.8, 4) is 5.75 Å². The zero-order valence-electron chi connectivity index (χ0n) is 12.7. The molecule has 0 amide bonds. The van der Waals surface area contributed by atoms with Gasteiger partial charge in [-0.3, -0.25) is 4.79 Å². The molecule has 0 aromatic heterocycles. The summed E-state index contributed by atoms with van der Waals surface area (Å²) in [6.07, 6.45) is 3.22. The zero-order chi connectivity index (χ0) is 15.4. The molecule has 1 aliphatic heterocycles. The highest BCUT2D eigenvalue weighted by Crippen LogP contribution is 2.44. The predicted octanol–water partition coefficient (Wildman–Crippen LogP) is 2.82. The molecule has 0 bridgehead atoms.